The molecule has 0 bridgehead atoms. The summed E-state index contributed by atoms with van der Waals surface area (Å²) in [5.74, 6) is 0.291. The summed E-state index contributed by atoms with van der Waals surface area (Å²) >= 11 is 6.00. The molecule has 0 aliphatic heterocycles. The van der Waals surface area contributed by atoms with Crippen molar-refractivity contribution in [3.8, 4) is 0 Å². The van der Waals surface area contributed by atoms with Gasteiger partial charge >= 0.3 is 0 Å². The number of halogens is 1. The molecular weight excluding hydrogens is 286 g/mol. The third-order valence-electron chi connectivity index (χ3n) is 2.94. The number of nitrogens with one attached hydrogen (secondary N) is 2. The van der Waals surface area contributed by atoms with Crippen LogP contribution in [0.5, 0.6) is 0 Å². The minimum atomic E-state index is -0.229. The van der Waals surface area contributed by atoms with E-state index >= 15 is 0 Å². The largest absolute Gasteiger partial charge is 0.384 e. The molecular formula is C16H18ClN3O. The molecule has 1 aromatic carbocycles. The molecule has 0 aliphatic rings. The quantitative estimate of drug-likeness (QED) is 0.873. The van der Waals surface area contributed by atoms with Gasteiger partial charge in [-0.15, -0.1) is 0 Å². The first-order valence-electron chi connectivity index (χ1n) is 6.87. The third-order valence-corrected chi connectivity index (χ3v) is 3.18. The number of aromatic nitrogens is 1. The predicted molar refractivity (Wildman–Crippen MR) is 87.2 cm³/mol. The maximum Gasteiger partial charge on any atom is 0.258 e. The van der Waals surface area contributed by atoms with E-state index in [2.05, 4.69) is 22.5 Å². The Morgan fingerprint density at radius 1 is 1.29 bits per heavy atom. The molecule has 0 fully saturated rings. The van der Waals surface area contributed by atoms with E-state index in [4.69, 9.17) is 11.6 Å². The smallest absolute Gasteiger partial charge is 0.258 e. The van der Waals surface area contributed by atoms with Gasteiger partial charge < -0.3 is 10.6 Å². The van der Waals surface area contributed by atoms with E-state index < -0.39 is 0 Å². The van der Waals surface area contributed by atoms with Gasteiger partial charge in [-0.25, -0.2) is 4.98 Å². The second-order valence-corrected chi connectivity index (χ2v) is 5.23. The van der Waals surface area contributed by atoms with Crippen molar-refractivity contribution in [1.29, 1.82) is 0 Å². The average Bonchev–Trinajstić information content (AvgIpc) is 2.48. The van der Waals surface area contributed by atoms with E-state index in [1.807, 2.05) is 19.1 Å². The number of benzene rings is 1. The van der Waals surface area contributed by atoms with Crippen LogP contribution in [0.25, 0.3) is 0 Å². The van der Waals surface area contributed by atoms with E-state index in [0.29, 0.717) is 16.4 Å². The average molecular weight is 304 g/mol. The molecule has 2 rings (SSSR count). The van der Waals surface area contributed by atoms with Gasteiger partial charge in [0.2, 0.25) is 0 Å². The van der Waals surface area contributed by atoms with E-state index in [-0.39, 0.29) is 5.91 Å². The lowest BCUT2D eigenvalue weighted by molar-refractivity contribution is 0.102. The Morgan fingerprint density at radius 3 is 2.76 bits per heavy atom. The van der Waals surface area contributed by atoms with Crippen LogP contribution < -0.4 is 10.6 Å². The van der Waals surface area contributed by atoms with E-state index in [1.165, 1.54) is 0 Å². The standard InChI is InChI=1S/C16H18ClN3O/c1-3-8-18-14-6-5-12(17)9-13(14)16(21)20-15-7-4-11(2)10-19-15/h4-7,9-10,18H,3,8H2,1-2H3,(H,19,20,21). The molecule has 2 N–H and O–H groups in total. The molecule has 21 heavy (non-hydrogen) atoms. The normalized spacial score (nSPS) is 10.2. The number of nitrogens with zero attached hydrogens (tertiary/aromatic N) is 1. The Hall–Kier alpha value is -2.07. The number of hydrogen-bond donors (Lipinski definition) is 2. The van der Waals surface area contributed by atoms with Crippen LogP contribution in [-0.4, -0.2) is 17.4 Å². The molecule has 1 amide bonds. The SMILES string of the molecule is CCCNc1ccc(Cl)cc1C(=O)Nc1ccc(C)cn1. The monoisotopic (exact) mass is 303 g/mol. The highest BCUT2D eigenvalue weighted by Crippen LogP contribution is 2.22. The van der Waals surface area contributed by atoms with Crippen molar-refractivity contribution in [1.82, 2.24) is 4.98 Å². The van der Waals surface area contributed by atoms with Crippen LogP contribution in [0.1, 0.15) is 29.3 Å². The summed E-state index contributed by atoms with van der Waals surface area (Å²) in [5.41, 5.74) is 2.32. The van der Waals surface area contributed by atoms with Crippen LogP contribution in [0.2, 0.25) is 5.02 Å². The third kappa shape index (κ3) is 4.20. The second kappa shape index (κ2) is 7.09. The fourth-order valence-electron chi connectivity index (χ4n) is 1.84. The summed E-state index contributed by atoms with van der Waals surface area (Å²) in [6.45, 7) is 4.81. The predicted octanol–water partition coefficient (Wildman–Crippen LogP) is 4.12. The first-order valence-corrected chi connectivity index (χ1v) is 7.25. The van der Waals surface area contributed by atoms with Gasteiger partial charge in [-0.05, 0) is 43.2 Å². The lowest BCUT2D eigenvalue weighted by atomic mass is 10.1. The van der Waals surface area contributed by atoms with Crippen molar-refractivity contribution in [3.05, 3.63) is 52.7 Å². The van der Waals surface area contributed by atoms with Crippen LogP contribution in [0.15, 0.2) is 36.5 Å². The minimum absolute atomic E-state index is 0.229. The summed E-state index contributed by atoms with van der Waals surface area (Å²) in [5, 5.41) is 6.53. The number of anilines is 2. The first-order chi connectivity index (χ1) is 10.1. The lowest BCUT2D eigenvalue weighted by Crippen LogP contribution is -2.16. The fourth-order valence-corrected chi connectivity index (χ4v) is 2.02. The van der Waals surface area contributed by atoms with Crippen molar-refractivity contribution in [2.45, 2.75) is 20.3 Å². The number of pyridine rings is 1. The highest BCUT2D eigenvalue weighted by molar-refractivity contribution is 6.31. The van der Waals surface area contributed by atoms with Crippen LogP contribution in [0, 0.1) is 6.92 Å². The maximum absolute atomic E-state index is 12.4. The maximum atomic E-state index is 12.4. The van der Waals surface area contributed by atoms with E-state index in [9.17, 15) is 4.79 Å². The number of amides is 1. The summed E-state index contributed by atoms with van der Waals surface area (Å²) in [6, 6.07) is 8.91. The molecule has 0 aliphatic carbocycles. The van der Waals surface area contributed by atoms with Crippen molar-refractivity contribution in [3.63, 3.8) is 0 Å². The molecule has 0 unspecified atom stereocenters. The summed E-state index contributed by atoms with van der Waals surface area (Å²) in [6.07, 6.45) is 2.69. The van der Waals surface area contributed by atoms with Crippen molar-refractivity contribution < 1.29 is 4.79 Å². The molecule has 0 radical (unpaired) electrons. The zero-order valence-corrected chi connectivity index (χ0v) is 12.9. The molecule has 0 saturated heterocycles. The molecule has 0 atom stereocenters. The van der Waals surface area contributed by atoms with E-state index in [0.717, 1.165) is 24.2 Å². The van der Waals surface area contributed by atoms with Gasteiger partial charge in [0.15, 0.2) is 0 Å². The Kier molecular flexibility index (Phi) is 5.17. The molecule has 1 heterocycles. The summed E-state index contributed by atoms with van der Waals surface area (Å²) in [7, 11) is 0. The number of carbonyl (C=O) groups is 1. The number of aryl methyl sites for hydroxylation is 1. The fraction of sp³-hybridized carbons (Fsp3) is 0.250. The van der Waals surface area contributed by atoms with Crippen molar-refractivity contribution in [2.75, 3.05) is 17.2 Å². The van der Waals surface area contributed by atoms with Crippen molar-refractivity contribution >= 4 is 29.0 Å². The minimum Gasteiger partial charge on any atom is -0.384 e. The van der Waals surface area contributed by atoms with Crippen LogP contribution in [0.3, 0.4) is 0 Å². The molecule has 0 spiro atoms. The molecule has 1 aromatic heterocycles. The van der Waals surface area contributed by atoms with Gasteiger partial charge in [0.1, 0.15) is 5.82 Å². The van der Waals surface area contributed by atoms with Gasteiger partial charge in [-0.2, -0.15) is 0 Å². The molecule has 110 valence electrons. The Balaban J connectivity index is 2.20. The number of rotatable bonds is 5. The Morgan fingerprint density at radius 2 is 2.10 bits per heavy atom. The molecule has 2 aromatic rings. The molecule has 4 nitrogen and oxygen atoms in total. The lowest BCUT2D eigenvalue weighted by Gasteiger charge is -2.12. The molecule has 0 saturated carbocycles. The van der Waals surface area contributed by atoms with Gasteiger partial charge in [0.05, 0.1) is 5.56 Å². The second-order valence-electron chi connectivity index (χ2n) is 4.79. The van der Waals surface area contributed by atoms with Crippen LogP contribution >= 0.6 is 11.6 Å². The van der Waals surface area contributed by atoms with E-state index in [1.54, 1.807) is 24.4 Å². The van der Waals surface area contributed by atoms with Crippen LogP contribution in [0.4, 0.5) is 11.5 Å². The molecule has 5 heteroatoms. The zero-order chi connectivity index (χ0) is 15.2. The topological polar surface area (TPSA) is 54.0 Å². The summed E-state index contributed by atoms with van der Waals surface area (Å²) in [4.78, 5) is 16.6. The Labute approximate surface area is 129 Å². The highest BCUT2D eigenvalue weighted by atomic mass is 35.5. The van der Waals surface area contributed by atoms with Gasteiger partial charge in [-0.1, -0.05) is 24.6 Å². The van der Waals surface area contributed by atoms with Gasteiger partial charge in [-0.3, -0.25) is 4.79 Å². The van der Waals surface area contributed by atoms with Crippen LogP contribution in [-0.2, 0) is 0 Å². The summed E-state index contributed by atoms with van der Waals surface area (Å²) < 4.78 is 0. The van der Waals surface area contributed by atoms with Gasteiger partial charge in [0, 0.05) is 23.5 Å². The van der Waals surface area contributed by atoms with Crippen molar-refractivity contribution in [2.24, 2.45) is 0 Å². The first kappa shape index (κ1) is 15.3. The zero-order valence-electron chi connectivity index (χ0n) is 12.1. The number of hydrogen-bond acceptors (Lipinski definition) is 3. The highest BCUT2D eigenvalue weighted by Gasteiger charge is 2.12. The Bertz CT molecular complexity index is 626. The number of carbonyl (C=O) groups excluding carboxylic acids is 1. The van der Waals surface area contributed by atoms with Gasteiger partial charge in [0.25, 0.3) is 5.91 Å².